The van der Waals surface area contributed by atoms with Crippen molar-refractivity contribution in [3.8, 4) is 0 Å². The minimum atomic E-state index is -0.0172. The Morgan fingerprint density at radius 2 is 1.59 bits per heavy atom. The maximum Gasteiger partial charge on any atom is 0.112 e. The van der Waals surface area contributed by atoms with E-state index in [0.29, 0.717) is 12.0 Å². The summed E-state index contributed by atoms with van der Waals surface area (Å²) in [7, 11) is 0. The predicted molar refractivity (Wildman–Crippen MR) is 114 cm³/mol. The summed E-state index contributed by atoms with van der Waals surface area (Å²) in [5.74, 6) is 1.58. The van der Waals surface area contributed by atoms with Gasteiger partial charge in [0, 0.05) is 29.8 Å². The summed E-state index contributed by atoms with van der Waals surface area (Å²) in [6.45, 7) is 9.19. The molecule has 0 amide bonds. The van der Waals surface area contributed by atoms with Crippen LogP contribution in [0.2, 0.25) is 0 Å². The standard InChI is InChI=1S/C25H32N2/c1-5-12-23(24-26-17-18-27(24)20(2)3)25(4,22-15-10-7-11-16-22)19-21-13-8-6-9-14-21/h6-11,13-18,20,23H,5,12,19H2,1-4H3. The van der Waals surface area contributed by atoms with Gasteiger partial charge in [-0.15, -0.1) is 0 Å². The van der Waals surface area contributed by atoms with Gasteiger partial charge in [0.25, 0.3) is 0 Å². The van der Waals surface area contributed by atoms with Crippen LogP contribution < -0.4 is 0 Å². The second-order valence-electron chi connectivity index (χ2n) is 8.07. The molecular formula is C25H32N2. The molecule has 2 heteroatoms. The Hall–Kier alpha value is -2.35. The lowest BCUT2D eigenvalue weighted by Gasteiger charge is -2.39. The molecule has 0 aliphatic carbocycles. The van der Waals surface area contributed by atoms with Gasteiger partial charge in [0.05, 0.1) is 0 Å². The van der Waals surface area contributed by atoms with E-state index in [1.54, 1.807) is 0 Å². The van der Waals surface area contributed by atoms with E-state index in [1.165, 1.54) is 17.0 Å². The van der Waals surface area contributed by atoms with Gasteiger partial charge in [-0.2, -0.15) is 0 Å². The van der Waals surface area contributed by atoms with Crippen molar-refractivity contribution < 1.29 is 0 Å². The Bertz CT molecular complexity index is 820. The zero-order chi connectivity index (χ0) is 19.3. The molecule has 0 aliphatic heterocycles. The average Bonchev–Trinajstić information content (AvgIpc) is 3.17. The van der Waals surface area contributed by atoms with Gasteiger partial charge >= 0.3 is 0 Å². The molecule has 0 N–H and O–H groups in total. The second-order valence-corrected chi connectivity index (χ2v) is 8.07. The third-order valence-corrected chi connectivity index (χ3v) is 5.76. The quantitative estimate of drug-likeness (QED) is 0.445. The van der Waals surface area contributed by atoms with Gasteiger partial charge in [-0.25, -0.2) is 4.98 Å². The number of hydrogen-bond donors (Lipinski definition) is 0. The average molecular weight is 361 g/mol. The second kappa shape index (κ2) is 8.56. The zero-order valence-electron chi connectivity index (χ0n) is 17.1. The fraction of sp³-hybridized carbons (Fsp3) is 0.400. The number of rotatable bonds is 8. The minimum Gasteiger partial charge on any atom is -0.332 e. The SMILES string of the molecule is CCCC(c1nccn1C(C)C)C(C)(Cc1ccccc1)c1ccccc1. The first kappa shape index (κ1) is 19.4. The molecule has 3 rings (SSSR count). The van der Waals surface area contributed by atoms with E-state index in [2.05, 4.69) is 99.1 Å². The summed E-state index contributed by atoms with van der Waals surface area (Å²) in [5.41, 5.74) is 2.76. The summed E-state index contributed by atoms with van der Waals surface area (Å²) in [6.07, 6.45) is 7.38. The molecule has 2 atom stereocenters. The largest absolute Gasteiger partial charge is 0.332 e. The van der Waals surface area contributed by atoms with Gasteiger partial charge in [0.2, 0.25) is 0 Å². The van der Waals surface area contributed by atoms with E-state index in [-0.39, 0.29) is 5.41 Å². The number of imidazole rings is 1. The van der Waals surface area contributed by atoms with Crippen LogP contribution in [0.3, 0.4) is 0 Å². The van der Waals surface area contributed by atoms with Crippen molar-refractivity contribution in [3.05, 3.63) is 90.0 Å². The van der Waals surface area contributed by atoms with E-state index in [4.69, 9.17) is 4.98 Å². The van der Waals surface area contributed by atoms with Crippen molar-refractivity contribution in [1.29, 1.82) is 0 Å². The molecule has 0 bridgehead atoms. The summed E-state index contributed by atoms with van der Waals surface area (Å²) in [6, 6.07) is 22.3. The number of nitrogens with zero attached hydrogens (tertiary/aromatic N) is 2. The lowest BCUT2D eigenvalue weighted by molar-refractivity contribution is 0.325. The predicted octanol–water partition coefficient (Wildman–Crippen LogP) is 6.55. The molecule has 142 valence electrons. The number of aromatic nitrogens is 2. The summed E-state index contributed by atoms with van der Waals surface area (Å²) in [4.78, 5) is 4.85. The van der Waals surface area contributed by atoms with Crippen LogP contribution in [0.25, 0.3) is 0 Å². The molecule has 2 aromatic carbocycles. The molecule has 3 aromatic rings. The van der Waals surface area contributed by atoms with E-state index < -0.39 is 0 Å². The molecule has 0 saturated heterocycles. The first-order valence-corrected chi connectivity index (χ1v) is 10.2. The van der Waals surface area contributed by atoms with E-state index >= 15 is 0 Å². The van der Waals surface area contributed by atoms with Crippen LogP contribution in [-0.2, 0) is 11.8 Å². The van der Waals surface area contributed by atoms with Crippen molar-refractivity contribution >= 4 is 0 Å². The highest BCUT2D eigenvalue weighted by Crippen LogP contribution is 2.44. The van der Waals surface area contributed by atoms with Gasteiger partial charge in [-0.1, -0.05) is 80.9 Å². The van der Waals surface area contributed by atoms with Gasteiger partial charge in [-0.3, -0.25) is 0 Å². The first-order chi connectivity index (χ1) is 13.1. The van der Waals surface area contributed by atoms with Crippen LogP contribution in [-0.4, -0.2) is 9.55 Å². The monoisotopic (exact) mass is 360 g/mol. The number of benzene rings is 2. The highest BCUT2D eigenvalue weighted by molar-refractivity contribution is 5.33. The maximum atomic E-state index is 4.85. The van der Waals surface area contributed by atoms with Gasteiger partial charge < -0.3 is 4.57 Å². The van der Waals surface area contributed by atoms with Crippen LogP contribution in [0.15, 0.2) is 73.1 Å². The van der Waals surface area contributed by atoms with Gasteiger partial charge in [-0.05, 0) is 37.8 Å². The van der Waals surface area contributed by atoms with Gasteiger partial charge in [0.1, 0.15) is 5.82 Å². The maximum absolute atomic E-state index is 4.85. The Morgan fingerprint density at radius 1 is 0.963 bits per heavy atom. The Kier molecular flexibility index (Phi) is 6.15. The van der Waals surface area contributed by atoms with Crippen LogP contribution in [0.1, 0.15) is 69.4 Å². The third kappa shape index (κ3) is 4.16. The fourth-order valence-electron chi connectivity index (χ4n) is 4.32. The molecule has 2 unspecified atom stereocenters. The van der Waals surface area contributed by atoms with Gasteiger partial charge in [0.15, 0.2) is 0 Å². The highest BCUT2D eigenvalue weighted by Gasteiger charge is 2.39. The van der Waals surface area contributed by atoms with Crippen molar-refractivity contribution in [2.45, 2.75) is 64.3 Å². The normalized spacial score (nSPS) is 14.9. The Morgan fingerprint density at radius 3 is 2.19 bits per heavy atom. The summed E-state index contributed by atoms with van der Waals surface area (Å²) < 4.78 is 2.35. The highest BCUT2D eigenvalue weighted by atomic mass is 15.1. The lowest BCUT2D eigenvalue weighted by atomic mass is 9.66. The summed E-state index contributed by atoms with van der Waals surface area (Å²) >= 11 is 0. The molecular weight excluding hydrogens is 328 g/mol. The fourth-order valence-corrected chi connectivity index (χ4v) is 4.32. The molecule has 1 heterocycles. The van der Waals surface area contributed by atoms with Crippen LogP contribution in [0, 0.1) is 0 Å². The molecule has 2 nitrogen and oxygen atoms in total. The molecule has 0 saturated carbocycles. The van der Waals surface area contributed by atoms with Crippen LogP contribution in [0.5, 0.6) is 0 Å². The molecule has 27 heavy (non-hydrogen) atoms. The first-order valence-electron chi connectivity index (χ1n) is 10.2. The molecule has 1 aromatic heterocycles. The van der Waals surface area contributed by atoms with E-state index in [0.717, 1.165) is 19.3 Å². The van der Waals surface area contributed by atoms with Crippen molar-refractivity contribution in [2.75, 3.05) is 0 Å². The van der Waals surface area contributed by atoms with Crippen molar-refractivity contribution in [1.82, 2.24) is 9.55 Å². The topological polar surface area (TPSA) is 17.8 Å². The van der Waals surface area contributed by atoms with E-state index in [9.17, 15) is 0 Å². The molecule has 0 radical (unpaired) electrons. The number of hydrogen-bond acceptors (Lipinski definition) is 1. The zero-order valence-corrected chi connectivity index (χ0v) is 17.1. The van der Waals surface area contributed by atoms with Crippen LogP contribution in [0.4, 0.5) is 0 Å². The third-order valence-electron chi connectivity index (χ3n) is 5.76. The van der Waals surface area contributed by atoms with Crippen molar-refractivity contribution in [2.24, 2.45) is 0 Å². The summed E-state index contributed by atoms with van der Waals surface area (Å²) in [5, 5.41) is 0. The smallest absolute Gasteiger partial charge is 0.112 e. The Balaban J connectivity index is 2.12. The van der Waals surface area contributed by atoms with Crippen molar-refractivity contribution in [3.63, 3.8) is 0 Å². The molecule has 0 spiro atoms. The Labute approximate surface area is 164 Å². The lowest BCUT2D eigenvalue weighted by Crippen LogP contribution is -2.35. The molecule has 0 fully saturated rings. The minimum absolute atomic E-state index is 0.0172. The van der Waals surface area contributed by atoms with Crippen LogP contribution >= 0.6 is 0 Å². The molecule has 0 aliphatic rings. The van der Waals surface area contributed by atoms with E-state index in [1.807, 2.05) is 6.20 Å².